The highest BCUT2D eigenvalue weighted by Crippen LogP contribution is 2.35. The average molecular weight is 640 g/mol. The summed E-state index contributed by atoms with van der Waals surface area (Å²) < 4.78 is 16.9. The molecule has 6 nitrogen and oxygen atoms in total. The van der Waals surface area contributed by atoms with Crippen LogP contribution in [0, 0.1) is 12.8 Å². The number of methoxy groups -OCH3 is 1. The fraction of sp³-hybridized carbons (Fsp3) is 0.417. The van der Waals surface area contributed by atoms with Gasteiger partial charge in [-0.3, -0.25) is 4.79 Å². The van der Waals surface area contributed by atoms with E-state index in [1.807, 2.05) is 36.4 Å². The third-order valence-corrected chi connectivity index (χ3v) is 8.48. The van der Waals surface area contributed by atoms with Crippen molar-refractivity contribution in [1.82, 2.24) is 4.90 Å². The van der Waals surface area contributed by atoms with Gasteiger partial charge in [0, 0.05) is 32.8 Å². The van der Waals surface area contributed by atoms with E-state index in [0.29, 0.717) is 60.1 Å². The normalized spacial score (nSPS) is 13.4. The molecule has 0 radical (unpaired) electrons. The molecule has 1 aliphatic carbocycles. The van der Waals surface area contributed by atoms with E-state index in [9.17, 15) is 4.79 Å². The molecular weight excluding hydrogens is 595 g/mol. The molecule has 1 atom stereocenters. The summed E-state index contributed by atoms with van der Waals surface area (Å²) in [5, 5.41) is 0.925. The molecule has 4 rings (SSSR count). The monoisotopic (exact) mass is 638 g/mol. The molecule has 1 saturated carbocycles. The van der Waals surface area contributed by atoms with Crippen molar-refractivity contribution in [2.24, 2.45) is 11.7 Å². The Balaban J connectivity index is 1.31. The van der Waals surface area contributed by atoms with E-state index in [4.69, 9.17) is 43.1 Å². The molecule has 1 amide bonds. The van der Waals surface area contributed by atoms with Gasteiger partial charge in [0.1, 0.15) is 19.0 Å². The van der Waals surface area contributed by atoms with Crippen LogP contribution in [0.15, 0.2) is 67.3 Å². The molecule has 0 aliphatic heterocycles. The van der Waals surface area contributed by atoms with Gasteiger partial charge in [0.05, 0.1) is 16.0 Å². The number of amides is 1. The number of nitrogens with zero attached hydrogens (tertiary/aromatic N) is 1. The van der Waals surface area contributed by atoms with Gasteiger partial charge in [0.25, 0.3) is 0 Å². The van der Waals surface area contributed by atoms with Crippen molar-refractivity contribution in [2.75, 3.05) is 33.5 Å². The second kappa shape index (κ2) is 16.9. The minimum atomic E-state index is -0.284. The number of carbonyl (C=O) groups excluding carboxylic acids is 1. The van der Waals surface area contributed by atoms with Crippen LogP contribution in [0.2, 0.25) is 10.0 Å². The zero-order chi connectivity index (χ0) is 31.5. The molecule has 1 fully saturated rings. The van der Waals surface area contributed by atoms with Gasteiger partial charge in [0.2, 0.25) is 5.91 Å². The maximum absolute atomic E-state index is 13.8. The Bertz CT molecular complexity index is 1370. The molecule has 0 saturated heterocycles. The Kier molecular flexibility index (Phi) is 13.0. The molecule has 0 spiro atoms. The van der Waals surface area contributed by atoms with Crippen molar-refractivity contribution in [2.45, 2.75) is 58.0 Å². The Hall–Kier alpha value is -3.03. The Morgan fingerprint density at radius 2 is 1.68 bits per heavy atom. The first-order chi connectivity index (χ1) is 21.3. The SMILES string of the molecule is C=CCc1cc(Cl)c(OCCOc2ccc(CC(CN)C(=O)N(Cc3cc(CCCOC)ccc3C)C3CC3)cc2)c(Cl)c1. The van der Waals surface area contributed by atoms with E-state index in [-0.39, 0.29) is 18.4 Å². The van der Waals surface area contributed by atoms with E-state index in [0.717, 1.165) is 43.4 Å². The molecule has 3 aromatic carbocycles. The summed E-state index contributed by atoms with van der Waals surface area (Å²) in [6.45, 7) is 8.14. The van der Waals surface area contributed by atoms with Crippen LogP contribution in [-0.4, -0.2) is 50.3 Å². The maximum atomic E-state index is 13.8. The molecule has 0 heterocycles. The van der Waals surface area contributed by atoms with Crippen molar-refractivity contribution in [3.63, 3.8) is 0 Å². The topological polar surface area (TPSA) is 74.0 Å². The number of carbonyl (C=O) groups is 1. The lowest BCUT2D eigenvalue weighted by Gasteiger charge is -2.28. The summed E-state index contributed by atoms with van der Waals surface area (Å²) in [5.41, 5.74) is 11.9. The maximum Gasteiger partial charge on any atom is 0.227 e. The number of allylic oxidation sites excluding steroid dienone is 1. The van der Waals surface area contributed by atoms with E-state index in [1.165, 1.54) is 16.7 Å². The highest BCUT2D eigenvalue weighted by atomic mass is 35.5. The number of ether oxygens (including phenoxy) is 3. The van der Waals surface area contributed by atoms with Crippen LogP contribution in [0.4, 0.5) is 0 Å². The number of hydrogen-bond acceptors (Lipinski definition) is 5. The van der Waals surface area contributed by atoms with Crippen molar-refractivity contribution in [3.05, 3.63) is 105 Å². The molecule has 1 unspecified atom stereocenters. The van der Waals surface area contributed by atoms with Crippen molar-refractivity contribution in [3.8, 4) is 11.5 Å². The molecule has 44 heavy (non-hydrogen) atoms. The quantitative estimate of drug-likeness (QED) is 0.116. The molecule has 1 aliphatic rings. The molecule has 8 heteroatoms. The zero-order valence-electron chi connectivity index (χ0n) is 25.8. The molecular formula is C36H44Cl2N2O4. The van der Waals surface area contributed by atoms with Crippen LogP contribution in [0.25, 0.3) is 0 Å². The molecule has 3 aromatic rings. The molecule has 0 bridgehead atoms. The summed E-state index contributed by atoms with van der Waals surface area (Å²) in [4.78, 5) is 15.9. The lowest BCUT2D eigenvalue weighted by Crippen LogP contribution is -2.41. The van der Waals surface area contributed by atoms with Crippen LogP contribution in [0.5, 0.6) is 11.5 Å². The fourth-order valence-corrected chi connectivity index (χ4v) is 5.92. The number of hydrogen-bond donors (Lipinski definition) is 1. The van der Waals surface area contributed by atoms with Crippen LogP contribution in [0.3, 0.4) is 0 Å². The van der Waals surface area contributed by atoms with Crippen LogP contribution < -0.4 is 15.2 Å². The third-order valence-electron chi connectivity index (χ3n) is 7.91. The van der Waals surface area contributed by atoms with Gasteiger partial charge in [0.15, 0.2) is 5.75 Å². The minimum Gasteiger partial charge on any atom is -0.490 e. The Morgan fingerprint density at radius 3 is 2.32 bits per heavy atom. The minimum absolute atomic E-state index is 0.131. The number of benzene rings is 3. The van der Waals surface area contributed by atoms with Gasteiger partial charge in [-0.15, -0.1) is 6.58 Å². The predicted molar refractivity (Wildman–Crippen MR) is 179 cm³/mol. The largest absolute Gasteiger partial charge is 0.490 e. The summed E-state index contributed by atoms with van der Waals surface area (Å²) >= 11 is 12.7. The Morgan fingerprint density at radius 1 is 1.00 bits per heavy atom. The van der Waals surface area contributed by atoms with Crippen LogP contribution in [0.1, 0.15) is 47.1 Å². The number of aryl methyl sites for hydroxylation is 2. The first-order valence-corrected chi connectivity index (χ1v) is 16.1. The van der Waals surface area contributed by atoms with Crippen molar-refractivity contribution in [1.29, 1.82) is 0 Å². The van der Waals surface area contributed by atoms with Gasteiger partial charge in [-0.1, -0.05) is 59.6 Å². The van der Waals surface area contributed by atoms with E-state index < -0.39 is 0 Å². The number of nitrogens with two attached hydrogens (primary N) is 1. The zero-order valence-corrected chi connectivity index (χ0v) is 27.3. The molecule has 2 N–H and O–H groups in total. The lowest BCUT2D eigenvalue weighted by molar-refractivity contribution is -0.136. The van der Waals surface area contributed by atoms with E-state index in [1.54, 1.807) is 13.2 Å². The first kappa shape index (κ1) is 33.9. The van der Waals surface area contributed by atoms with Gasteiger partial charge in [-0.25, -0.2) is 0 Å². The van der Waals surface area contributed by atoms with Crippen LogP contribution in [-0.2, 0) is 35.3 Å². The van der Waals surface area contributed by atoms with Gasteiger partial charge in [-0.05, 0) is 97.5 Å². The smallest absolute Gasteiger partial charge is 0.227 e. The van der Waals surface area contributed by atoms with Gasteiger partial charge in [-0.2, -0.15) is 0 Å². The summed E-state index contributed by atoms with van der Waals surface area (Å²) in [5.74, 6) is 1.01. The second-order valence-electron chi connectivity index (χ2n) is 11.4. The summed E-state index contributed by atoms with van der Waals surface area (Å²) in [7, 11) is 1.73. The number of halogens is 2. The average Bonchev–Trinajstić information content (AvgIpc) is 3.85. The highest BCUT2D eigenvalue weighted by molar-refractivity contribution is 6.37. The first-order valence-electron chi connectivity index (χ1n) is 15.3. The van der Waals surface area contributed by atoms with Gasteiger partial charge < -0.3 is 24.8 Å². The van der Waals surface area contributed by atoms with Crippen molar-refractivity contribution >= 4 is 29.1 Å². The fourth-order valence-electron chi connectivity index (χ4n) is 5.28. The summed E-state index contributed by atoms with van der Waals surface area (Å²) in [6, 6.07) is 18.3. The van der Waals surface area contributed by atoms with Crippen LogP contribution >= 0.6 is 23.2 Å². The van der Waals surface area contributed by atoms with Crippen molar-refractivity contribution < 1.29 is 19.0 Å². The standard InChI is InChI=1S/C36H44Cl2N2O4/c1-4-6-28-21-33(37)35(34(38)22-28)44-18-17-43-32-14-10-27(11-15-32)19-29(23-39)36(41)40(31-12-13-31)24-30-20-26(7-5-16-42-3)9-8-25(30)2/h4,8-11,14-15,20-22,29,31H,1,5-7,12-13,16-19,23-24,39H2,2-3H3. The van der Waals surface area contributed by atoms with E-state index in [2.05, 4.69) is 36.6 Å². The molecule has 236 valence electrons. The van der Waals surface area contributed by atoms with E-state index >= 15 is 0 Å². The molecule has 0 aromatic heterocycles. The number of rotatable bonds is 18. The Labute approximate surface area is 272 Å². The lowest BCUT2D eigenvalue weighted by atomic mass is 9.96. The highest BCUT2D eigenvalue weighted by Gasteiger charge is 2.35. The second-order valence-corrected chi connectivity index (χ2v) is 12.2. The summed E-state index contributed by atoms with van der Waals surface area (Å²) in [6.07, 6.45) is 7.09. The predicted octanol–water partition coefficient (Wildman–Crippen LogP) is 7.38. The third kappa shape index (κ3) is 9.73. The van der Waals surface area contributed by atoms with Gasteiger partial charge >= 0.3 is 0 Å².